The van der Waals surface area contributed by atoms with Crippen LogP contribution in [0.25, 0.3) is 0 Å². The Morgan fingerprint density at radius 1 is 1.41 bits per heavy atom. The van der Waals surface area contributed by atoms with Crippen molar-refractivity contribution < 1.29 is 27.1 Å². The van der Waals surface area contributed by atoms with Gasteiger partial charge in [-0.25, -0.2) is 21.9 Å². The summed E-state index contributed by atoms with van der Waals surface area (Å²) in [4.78, 5) is 16.5. The molecule has 3 rings (SSSR count). The molecule has 3 N–H and O–H groups in total. The van der Waals surface area contributed by atoms with Crippen LogP contribution in [0, 0.1) is 6.92 Å². The zero-order valence-electron chi connectivity index (χ0n) is 15.9. The molecule has 2 aromatic rings. The molecule has 1 aliphatic rings. The fourth-order valence-electron chi connectivity index (χ4n) is 3.53. The van der Waals surface area contributed by atoms with Crippen molar-refractivity contribution in [1.82, 2.24) is 14.3 Å². The molecule has 0 aromatic carbocycles. The number of nitrogens with zero attached hydrogens (tertiary/aromatic N) is 2. The maximum absolute atomic E-state index is 12.9. The number of halogens is 2. The molecule has 1 amide bonds. The molecular formula is C18H22F2N4O4S. The van der Waals surface area contributed by atoms with Crippen molar-refractivity contribution in [3.8, 4) is 0 Å². The van der Waals surface area contributed by atoms with Crippen molar-refractivity contribution in [3.05, 3.63) is 41.0 Å². The van der Waals surface area contributed by atoms with Gasteiger partial charge in [-0.1, -0.05) is 0 Å². The Balaban J connectivity index is 1.99. The first-order valence-corrected chi connectivity index (χ1v) is 10.5. The van der Waals surface area contributed by atoms with Gasteiger partial charge < -0.3 is 15.0 Å². The molecule has 3 heterocycles. The van der Waals surface area contributed by atoms with Gasteiger partial charge in [-0.3, -0.25) is 9.78 Å². The molecule has 0 fully saturated rings. The van der Waals surface area contributed by atoms with Gasteiger partial charge in [0.05, 0.1) is 6.61 Å². The molecule has 0 saturated carbocycles. The minimum Gasteiger partial charge on any atom is -0.395 e. The van der Waals surface area contributed by atoms with E-state index in [9.17, 15) is 27.1 Å². The zero-order valence-corrected chi connectivity index (χ0v) is 16.8. The summed E-state index contributed by atoms with van der Waals surface area (Å²) in [7, 11) is -3.95. The van der Waals surface area contributed by atoms with Gasteiger partial charge in [-0.15, -0.1) is 0 Å². The molecular weight excluding hydrogens is 406 g/mol. The number of carbonyl (C=O) groups excluding carboxylic acids is 1. The van der Waals surface area contributed by atoms with E-state index in [1.54, 1.807) is 4.57 Å². The highest BCUT2D eigenvalue weighted by molar-refractivity contribution is 7.89. The predicted molar refractivity (Wildman–Crippen MR) is 102 cm³/mol. The number of sulfonamides is 1. The molecule has 1 aliphatic heterocycles. The summed E-state index contributed by atoms with van der Waals surface area (Å²) in [5, 5.41) is 11.7. The number of carbonyl (C=O) groups is 1. The number of amides is 1. The lowest BCUT2D eigenvalue weighted by atomic mass is 10.2. The number of pyridine rings is 1. The van der Waals surface area contributed by atoms with Gasteiger partial charge >= 0.3 is 0 Å². The summed E-state index contributed by atoms with van der Waals surface area (Å²) in [6.45, 7) is 3.18. The predicted octanol–water partition coefficient (Wildman–Crippen LogP) is 1.99. The quantitative estimate of drug-likeness (QED) is 0.624. The maximum Gasteiger partial charge on any atom is 0.280 e. The van der Waals surface area contributed by atoms with Crippen LogP contribution in [0.1, 0.15) is 47.2 Å². The fourth-order valence-corrected chi connectivity index (χ4v) is 5.27. The van der Waals surface area contributed by atoms with Crippen LogP contribution in [0.5, 0.6) is 0 Å². The van der Waals surface area contributed by atoms with E-state index < -0.39 is 34.1 Å². The summed E-state index contributed by atoms with van der Waals surface area (Å²) in [5.74, 6) is -0.589. The number of hydrogen-bond acceptors (Lipinski definition) is 5. The summed E-state index contributed by atoms with van der Waals surface area (Å²) in [6.07, 6.45) is -0.438. The highest BCUT2D eigenvalue weighted by atomic mass is 32.2. The summed E-state index contributed by atoms with van der Waals surface area (Å²) >= 11 is 0. The zero-order chi connectivity index (χ0) is 21.3. The number of rotatable bonds is 7. The Labute approximate surface area is 167 Å². The van der Waals surface area contributed by atoms with Gasteiger partial charge in [0.1, 0.15) is 16.3 Å². The van der Waals surface area contributed by atoms with Crippen molar-refractivity contribution in [3.63, 3.8) is 0 Å². The Bertz CT molecular complexity index is 1040. The molecule has 0 aliphatic carbocycles. The number of aliphatic hydroxyl groups is 1. The number of nitrogens with one attached hydrogen (secondary N) is 2. The van der Waals surface area contributed by atoms with Gasteiger partial charge in [0.25, 0.3) is 12.3 Å². The Kier molecular flexibility index (Phi) is 6.01. The first kappa shape index (κ1) is 21.3. The Morgan fingerprint density at radius 2 is 2.14 bits per heavy atom. The highest BCUT2D eigenvalue weighted by Crippen LogP contribution is 2.33. The van der Waals surface area contributed by atoms with E-state index in [0.717, 1.165) is 6.07 Å². The molecule has 0 bridgehead atoms. The van der Waals surface area contributed by atoms with Gasteiger partial charge in [-0.05, 0) is 38.8 Å². The Hall–Kier alpha value is -2.37. The molecule has 1 atom stereocenters. The highest BCUT2D eigenvalue weighted by Gasteiger charge is 2.34. The molecule has 1 unspecified atom stereocenters. The molecule has 0 radical (unpaired) electrons. The lowest BCUT2D eigenvalue weighted by molar-refractivity contribution is 0.101. The van der Waals surface area contributed by atoms with Crippen LogP contribution >= 0.6 is 0 Å². The van der Waals surface area contributed by atoms with E-state index in [2.05, 4.69) is 15.0 Å². The molecule has 8 nitrogen and oxygen atoms in total. The summed E-state index contributed by atoms with van der Waals surface area (Å²) in [6, 6.07) is 1.78. The monoisotopic (exact) mass is 428 g/mol. The number of alkyl halides is 2. The van der Waals surface area contributed by atoms with Gasteiger partial charge in [0, 0.05) is 35.7 Å². The second kappa shape index (κ2) is 8.17. The van der Waals surface area contributed by atoms with Crippen LogP contribution in [0.3, 0.4) is 0 Å². The third-order valence-corrected chi connectivity index (χ3v) is 6.52. The maximum atomic E-state index is 12.9. The SMILES string of the molecule is Cc1c(S(=O)(=O)NC(C)CO)c2n(c1C(=O)Nc1ccnc(C(F)F)c1)CCC2. The van der Waals surface area contributed by atoms with Crippen molar-refractivity contribution in [2.24, 2.45) is 0 Å². The number of aliphatic hydroxyl groups excluding tert-OH is 1. The smallest absolute Gasteiger partial charge is 0.280 e. The molecule has 158 valence electrons. The van der Waals surface area contributed by atoms with Crippen LogP contribution in [0.15, 0.2) is 23.2 Å². The molecule has 0 spiro atoms. The number of aromatic nitrogens is 2. The molecule has 2 aromatic heterocycles. The minimum atomic E-state index is -3.95. The third-order valence-electron chi connectivity index (χ3n) is 4.73. The first-order valence-electron chi connectivity index (χ1n) is 9.06. The minimum absolute atomic E-state index is 0.0310. The lowest BCUT2D eigenvalue weighted by Gasteiger charge is -2.12. The van der Waals surface area contributed by atoms with Crippen LogP contribution < -0.4 is 10.0 Å². The Morgan fingerprint density at radius 3 is 2.79 bits per heavy atom. The van der Waals surface area contributed by atoms with E-state index in [4.69, 9.17) is 0 Å². The first-order chi connectivity index (χ1) is 13.7. The van der Waals surface area contributed by atoms with Crippen molar-refractivity contribution in [1.29, 1.82) is 0 Å². The topological polar surface area (TPSA) is 113 Å². The second-order valence-electron chi connectivity index (χ2n) is 6.93. The molecule has 29 heavy (non-hydrogen) atoms. The average molecular weight is 428 g/mol. The van der Waals surface area contributed by atoms with Crippen LogP contribution in [0.4, 0.5) is 14.5 Å². The van der Waals surface area contributed by atoms with Gasteiger partial charge in [0.2, 0.25) is 10.0 Å². The van der Waals surface area contributed by atoms with E-state index in [1.165, 1.54) is 26.1 Å². The van der Waals surface area contributed by atoms with E-state index in [0.29, 0.717) is 25.1 Å². The van der Waals surface area contributed by atoms with E-state index >= 15 is 0 Å². The number of fused-ring (bicyclic) bond motifs is 1. The third kappa shape index (κ3) is 4.16. The largest absolute Gasteiger partial charge is 0.395 e. The van der Waals surface area contributed by atoms with Crippen molar-refractivity contribution >= 4 is 21.6 Å². The average Bonchev–Trinajstić information content (AvgIpc) is 3.20. The van der Waals surface area contributed by atoms with Crippen LogP contribution in [-0.4, -0.2) is 41.6 Å². The normalized spacial score (nSPS) is 14.8. The standard InChI is InChI=1S/C18H22F2N4O4S/c1-10(9-25)23-29(27,28)16-11(2)15(24-7-3-4-14(16)24)18(26)22-12-5-6-21-13(8-12)17(19)20/h5-6,8,10,17,23,25H,3-4,7,9H2,1-2H3,(H,21,22,26). The number of anilines is 1. The van der Waals surface area contributed by atoms with Crippen molar-refractivity contribution in [2.45, 2.75) is 50.6 Å². The summed E-state index contributed by atoms with van der Waals surface area (Å²) < 4.78 is 55.4. The van der Waals surface area contributed by atoms with Crippen LogP contribution in [0.2, 0.25) is 0 Å². The van der Waals surface area contributed by atoms with E-state index in [1.807, 2.05) is 0 Å². The number of hydrogen-bond donors (Lipinski definition) is 3. The van der Waals surface area contributed by atoms with Crippen molar-refractivity contribution in [2.75, 3.05) is 11.9 Å². The van der Waals surface area contributed by atoms with E-state index in [-0.39, 0.29) is 28.4 Å². The summed E-state index contributed by atoms with van der Waals surface area (Å²) in [5.41, 5.74) is 0.645. The second-order valence-corrected chi connectivity index (χ2v) is 8.58. The van der Waals surface area contributed by atoms with Gasteiger partial charge in [0.15, 0.2) is 0 Å². The van der Waals surface area contributed by atoms with Gasteiger partial charge in [-0.2, -0.15) is 0 Å². The fraction of sp³-hybridized carbons (Fsp3) is 0.444. The molecule has 11 heteroatoms. The molecule has 0 saturated heterocycles. The van der Waals surface area contributed by atoms with Crippen LogP contribution in [-0.2, 0) is 23.0 Å². The lowest BCUT2D eigenvalue weighted by Crippen LogP contribution is -2.35.